The number of pyridine rings is 1. The van der Waals surface area contributed by atoms with Crippen molar-refractivity contribution in [3.8, 4) is 0 Å². The van der Waals surface area contributed by atoms with Crippen molar-refractivity contribution in [3.63, 3.8) is 0 Å². The van der Waals surface area contributed by atoms with Crippen LogP contribution in [0.2, 0.25) is 0 Å². The first-order valence-electron chi connectivity index (χ1n) is 10.6. The van der Waals surface area contributed by atoms with Gasteiger partial charge in [-0.25, -0.2) is 0 Å². The van der Waals surface area contributed by atoms with E-state index in [1.54, 1.807) is 0 Å². The highest BCUT2D eigenvalue weighted by atomic mass is 127. The van der Waals surface area contributed by atoms with Gasteiger partial charge >= 0.3 is 0 Å². The molecule has 4 aromatic rings. The lowest BCUT2D eigenvalue weighted by Gasteiger charge is -2.11. The Hall–Kier alpha value is -2.62. The monoisotopic (exact) mass is 531 g/mol. The molecule has 0 aliphatic heterocycles. The van der Waals surface area contributed by atoms with E-state index in [4.69, 9.17) is 4.99 Å². The first-order chi connectivity index (χ1) is 14.8. The molecule has 8 heteroatoms. The molecule has 0 atom stereocenters. The lowest BCUT2D eigenvalue weighted by molar-refractivity contribution is 0.750. The van der Waals surface area contributed by atoms with Crippen LogP contribution in [0.3, 0.4) is 0 Å². The van der Waals surface area contributed by atoms with Crippen molar-refractivity contribution in [2.75, 3.05) is 19.6 Å². The highest BCUT2D eigenvalue weighted by molar-refractivity contribution is 14.0. The molecule has 7 nitrogen and oxygen atoms in total. The highest BCUT2D eigenvalue weighted by Crippen LogP contribution is 2.21. The number of halogens is 1. The average molecular weight is 531 g/mol. The topological polar surface area (TPSA) is 82.4 Å². The minimum Gasteiger partial charge on any atom is -0.358 e. The molecule has 0 unspecified atom stereocenters. The number of guanidine groups is 1. The lowest BCUT2D eigenvalue weighted by Crippen LogP contribution is -2.38. The largest absolute Gasteiger partial charge is 0.358 e. The number of hydrogen-bond acceptors (Lipinski definition) is 3. The van der Waals surface area contributed by atoms with Crippen LogP contribution in [0.25, 0.3) is 16.6 Å². The Morgan fingerprint density at radius 1 is 1.06 bits per heavy atom. The van der Waals surface area contributed by atoms with E-state index in [0.29, 0.717) is 0 Å². The second kappa shape index (κ2) is 11.1. The second-order valence-corrected chi connectivity index (χ2v) is 7.36. The van der Waals surface area contributed by atoms with Crippen molar-refractivity contribution in [2.45, 2.75) is 33.1 Å². The summed E-state index contributed by atoms with van der Waals surface area (Å²) in [5.74, 6) is 1.84. The SMILES string of the molecule is CCNC(=NCCCc1nnc2ccccn12)NCCc1c(C)[nH]c2ccccc12.I. The molecule has 4 rings (SSSR count). The first-order valence-corrected chi connectivity index (χ1v) is 10.6. The summed E-state index contributed by atoms with van der Waals surface area (Å²) in [4.78, 5) is 8.20. The Morgan fingerprint density at radius 2 is 1.90 bits per heavy atom. The molecule has 0 saturated heterocycles. The zero-order valence-corrected chi connectivity index (χ0v) is 20.4. The van der Waals surface area contributed by atoms with E-state index in [9.17, 15) is 0 Å². The molecule has 3 heterocycles. The number of aryl methyl sites for hydroxylation is 2. The van der Waals surface area contributed by atoms with E-state index in [1.165, 1.54) is 22.2 Å². The minimum absolute atomic E-state index is 0. The van der Waals surface area contributed by atoms with Crippen LogP contribution in [0.5, 0.6) is 0 Å². The molecule has 3 aromatic heterocycles. The van der Waals surface area contributed by atoms with E-state index in [1.807, 2.05) is 28.8 Å². The fourth-order valence-electron chi connectivity index (χ4n) is 3.79. The smallest absolute Gasteiger partial charge is 0.191 e. The van der Waals surface area contributed by atoms with Crippen LogP contribution < -0.4 is 10.6 Å². The van der Waals surface area contributed by atoms with Crippen LogP contribution in [-0.2, 0) is 12.8 Å². The normalized spacial score (nSPS) is 11.6. The number of aliphatic imine (C=N–C) groups is 1. The molecule has 3 N–H and O–H groups in total. The van der Waals surface area contributed by atoms with Gasteiger partial charge in [-0.3, -0.25) is 9.39 Å². The maximum absolute atomic E-state index is 4.73. The highest BCUT2D eigenvalue weighted by Gasteiger charge is 2.08. The second-order valence-electron chi connectivity index (χ2n) is 7.36. The van der Waals surface area contributed by atoms with Crippen molar-refractivity contribution in [2.24, 2.45) is 4.99 Å². The van der Waals surface area contributed by atoms with Crippen molar-refractivity contribution in [3.05, 3.63) is 65.7 Å². The Labute approximate surface area is 199 Å². The molecule has 0 amide bonds. The molecule has 0 spiro atoms. The summed E-state index contributed by atoms with van der Waals surface area (Å²) >= 11 is 0. The summed E-state index contributed by atoms with van der Waals surface area (Å²) in [5.41, 5.74) is 4.69. The summed E-state index contributed by atoms with van der Waals surface area (Å²) in [7, 11) is 0. The number of nitrogens with zero attached hydrogens (tertiary/aromatic N) is 4. The number of para-hydroxylation sites is 1. The fraction of sp³-hybridized carbons (Fsp3) is 0.348. The van der Waals surface area contributed by atoms with Crippen LogP contribution in [0.4, 0.5) is 0 Å². The molecular weight excluding hydrogens is 501 g/mol. The third-order valence-corrected chi connectivity index (χ3v) is 5.25. The predicted octanol–water partition coefficient (Wildman–Crippen LogP) is 3.87. The Bertz CT molecular complexity index is 1150. The van der Waals surface area contributed by atoms with Gasteiger partial charge in [0, 0.05) is 48.8 Å². The summed E-state index contributed by atoms with van der Waals surface area (Å²) in [6, 6.07) is 14.4. The van der Waals surface area contributed by atoms with Gasteiger partial charge in [-0.1, -0.05) is 24.3 Å². The zero-order chi connectivity index (χ0) is 20.8. The van der Waals surface area contributed by atoms with E-state index in [-0.39, 0.29) is 24.0 Å². The van der Waals surface area contributed by atoms with E-state index in [2.05, 4.69) is 63.9 Å². The maximum Gasteiger partial charge on any atom is 0.191 e. The van der Waals surface area contributed by atoms with Gasteiger partial charge in [-0.15, -0.1) is 34.2 Å². The number of hydrogen-bond donors (Lipinski definition) is 3. The molecule has 1 aromatic carbocycles. The molecule has 0 saturated carbocycles. The number of fused-ring (bicyclic) bond motifs is 2. The number of aromatic nitrogens is 4. The number of rotatable bonds is 8. The summed E-state index contributed by atoms with van der Waals surface area (Å²) in [6.07, 6.45) is 4.73. The van der Waals surface area contributed by atoms with Crippen LogP contribution in [-0.4, -0.2) is 45.2 Å². The van der Waals surface area contributed by atoms with Gasteiger partial charge in [0.15, 0.2) is 11.6 Å². The Kier molecular flexibility index (Phi) is 8.27. The average Bonchev–Trinajstić information content (AvgIpc) is 3.32. The van der Waals surface area contributed by atoms with Crippen molar-refractivity contribution < 1.29 is 0 Å². The summed E-state index contributed by atoms with van der Waals surface area (Å²) < 4.78 is 2.04. The van der Waals surface area contributed by atoms with Gasteiger partial charge in [-0.2, -0.15) is 0 Å². The van der Waals surface area contributed by atoms with Crippen molar-refractivity contribution >= 4 is 46.5 Å². The Morgan fingerprint density at radius 3 is 2.77 bits per heavy atom. The number of nitrogens with one attached hydrogen (secondary N) is 3. The number of H-pyrrole nitrogens is 1. The number of benzene rings is 1. The summed E-state index contributed by atoms with van der Waals surface area (Å²) in [6.45, 7) is 6.64. The van der Waals surface area contributed by atoms with E-state index >= 15 is 0 Å². The predicted molar refractivity (Wildman–Crippen MR) is 137 cm³/mol. The van der Waals surface area contributed by atoms with E-state index in [0.717, 1.165) is 56.3 Å². The lowest BCUT2D eigenvalue weighted by atomic mass is 10.1. The third kappa shape index (κ3) is 5.55. The third-order valence-electron chi connectivity index (χ3n) is 5.25. The van der Waals surface area contributed by atoms with Crippen molar-refractivity contribution in [1.29, 1.82) is 0 Å². The van der Waals surface area contributed by atoms with Crippen LogP contribution in [0.15, 0.2) is 53.7 Å². The molecule has 31 heavy (non-hydrogen) atoms. The zero-order valence-electron chi connectivity index (χ0n) is 18.1. The van der Waals surface area contributed by atoms with Gasteiger partial charge in [0.2, 0.25) is 0 Å². The van der Waals surface area contributed by atoms with Gasteiger partial charge in [0.1, 0.15) is 5.82 Å². The maximum atomic E-state index is 4.73. The van der Waals surface area contributed by atoms with E-state index < -0.39 is 0 Å². The van der Waals surface area contributed by atoms with Gasteiger partial charge < -0.3 is 15.6 Å². The molecule has 164 valence electrons. The molecule has 0 fully saturated rings. The summed E-state index contributed by atoms with van der Waals surface area (Å²) in [5, 5.41) is 16.6. The number of aromatic amines is 1. The van der Waals surface area contributed by atoms with Crippen LogP contribution >= 0.6 is 24.0 Å². The fourth-order valence-corrected chi connectivity index (χ4v) is 3.79. The molecule has 0 aliphatic carbocycles. The Balaban J connectivity index is 0.00000272. The quantitative estimate of drug-likeness (QED) is 0.140. The minimum atomic E-state index is 0. The first kappa shape index (κ1) is 23.1. The molecule has 0 bridgehead atoms. The molecular formula is C23H30IN7. The van der Waals surface area contributed by atoms with Crippen LogP contribution in [0.1, 0.15) is 30.4 Å². The standard InChI is InChI=1S/C23H29N7.HI/c1-3-24-23(25-14-8-12-22-29-28-21-11-6-7-16-30(21)22)26-15-13-18-17(2)27-20-10-5-4-9-19(18)20;/h4-7,9-11,16,27H,3,8,12-15H2,1-2H3,(H2,24,25,26);1H. The van der Waals surface area contributed by atoms with Crippen molar-refractivity contribution in [1.82, 2.24) is 30.2 Å². The molecule has 0 aliphatic rings. The molecule has 0 radical (unpaired) electrons. The van der Waals surface area contributed by atoms with Gasteiger partial charge in [-0.05, 0) is 50.5 Å². The van der Waals surface area contributed by atoms with Crippen LogP contribution in [0, 0.1) is 6.92 Å². The van der Waals surface area contributed by atoms with Gasteiger partial charge in [0.05, 0.1) is 0 Å². The van der Waals surface area contributed by atoms with Gasteiger partial charge in [0.25, 0.3) is 0 Å².